The smallest absolute Gasteiger partial charge is 0.338 e. The number of azo groups is 1. The van der Waals surface area contributed by atoms with Gasteiger partial charge in [0, 0.05) is 6.07 Å². The summed E-state index contributed by atoms with van der Waals surface area (Å²) in [7, 11) is 0. The molecule has 0 aliphatic rings. The molecular weight excluding hydrogens is 434 g/mol. The molecule has 3 rings (SSSR count). The number of hydrogen-bond donors (Lipinski definition) is 1. The first kappa shape index (κ1) is 22.7. The van der Waals surface area contributed by atoms with Crippen molar-refractivity contribution < 1.29 is 24.3 Å². The zero-order valence-corrected chi connectivity index (χ0v) is 17.0. The lowest BCUT2D eigenvalue weighted by Crippen LogP contribution is -2.10. The van der Waals surface area contributed by atoms with Crippen LogP contribution < -0.4 is 5.48 Å². The molecule has 0 aliphatic heterocycles. The van der Waals surface area contributed by atoms with Crippen LogP contribution in [0, 0.1) is 27.2 Å². The van der Waals surface area contributed by atoms with Crippen LogP contribution in [-0.4, -0.2) is 21.7 Å². The summed E-state index contributed by atoms with van der Waals surface area (Å²) in [4.78, 5) is 49.4. The number of anilines is 1. The van der Waals surface area contributed by atoms with Gasteiger partial charge in [-0.2, -0.15) is 0 Å². The second kappa shape index (κ2) is 9.87. The highest BCUT2D eigenvalue weighted by molar-refractivity contribution is 5.99. The molecule has 0 atom stereocenters. The number of non-ortho nitro benzene ring substituents is 1. The highest BCUT2D eigenvalue weighted by Gasteiger charge is 2.24. The lowest BCUT2D eigenvalue weighted by Gasteiger charge is -2.07. The van der Waals surface area contributed by atoms with Gasteiger partial charge in [-0.15, -0.1) is 10.2 Å². The van der Waals surface area contributed by atoms with Crippen molar-refractivity contribution in [2.45, 2.75) is 6.92 Å². The number of carbonyl (C=O) groups is 2. The molecule has 0 radical (unpaired) electrons. The van der Waals surface area contributed by atoms with E-state index in [0.29, 0.717) is 17.3 Å². The molecule has 12 nitrogen and oxygen atoms in total. The number of carbonyl (C=O) groups excluding carboxylic acids is 2. The number of amides is 1. The maximum absolute atomic E-state index is 12.2. The Bertz CT molecular complexity index is 1260. The number of nitrogens with one attached hydrogen (secondary N) is 1. The van der Waals surface area contributed by atoms with E-state index in [1.165, 1.54) is 24.3 Å². The van der Waals surface area contributed by atoms with Crippen molar-refractivity contribution in [1.29, 1.82) is 0 Å². The van der Waals surface area contributed by atoms with Gasteiger partial charge in [0.2, 0.25) is 0 Å². The Morgan fingerprint density at radius 1 is 0.909 bits per heavy atom. The van der Waals surface area contributed by atoms with Crippen LogP contribution in [0.4, 0.5) is 22.7 Å². The van der Waals surface area contributed by atoms with Gasteiger partial charge in [0.05, 0.1) is 32.9 Å². The number of nitro benzene ring substituents is 2. The third-order valence-electron chi connectivity index (χ3n) is 4.29. The van der Waals surface area contributed by atoms with Crippen molar-refractivity contribution in [3.63, 3.8) is 0 Å². The molecule has 12 heteroatoms. The molecule has 0 saturated heterocycles. The molecule has 0 fully saturated rings. The van der Waals surface area contributed by atoms with E-state index in [0.717, 1.165) is 17.7 Å². The molecule has 3 aromatic rings. The van der Waals surface area contributed by atoms with Gasteiger partial charge in [0.15, 0.2) is 0 Å². The molecule has 0 bridgehead atoms. The van der Waals surface area contributed by atoms with Crippen LogP contribution in [0.1, 0.15) is 26.3 Å². The van der Waals surface area contributed by atoms with Gasteiger partial charge >= 0.3 is 11.9 Å². The number of aryl methyl sites for hydroxylation is 1. The molecule has 1 N–H and O–H groups in total. The van der Waals surface area contributed by atoms with Crippen LogP contribution in [0.15, 0.2) is 77.0 Å². The van der Waals surface area contributed by atoms with E-state index in [4.69, 9.17) is 4.84 Å². The largest absolute Gasteiger partial charge is 0.362 e. The van der Waals surface area contributed by atoms with Gasteiger partial charge in [0.1, 0.15) is 5.56 Å². The number of hydrogen-bond acceptors (Lipinski definition) is 9. The lowest BCUT2D eigenvalue weighted by molar-refractivity contribution is -0.394. The predicted octanol–water partition coefficient (Wildman–Crippen LogP) is 4.92. The Kier molecular flexibility index (Phi) is 6.78. The fourth-order valence-corrected chi connectivity index (χ4v) is 2.57. The molecular formula is C21H15N5O7. The minimum Gasteiger partial charge on any atom is -0.338 e. The molecule has 3 aromatic carbocycles. The Morgan fingerprint density at radius 3 is 2.18 bits per heavy atom. The maximum Gasteiger partial charge on any atom is 0.362 e. The van der Waals surface area contributed by atoms with Gasteiger partial charge < -0.3 is 4.84 Å². The summed E-state index contributed by atoms with van der Waals surface area (Å²) in [6.45, 7) is 1.90. The van der Waals surface area contributed by atoms with Crippen LogP contribution in [0.2, 0.25) is 0 Å². The van der Waals surface area contributed by atoms with Crippen molar-refractivity contribution in [2.24, 2.45) is 10.2 Å². The molecule has 0 aliphatic carbocycles. The average Bonchev–Trinajstić information content (AvgIpc) is 2.81. The topological polar surface area (TPSA) is 166 Å². The van der Waals surface area contributed by atoms with Gasteiger partial charge in [-0.3, -0.25) is 25.0 Å². The van der Waals surface area contributed by atoms with Gasteiger partial charge in [-0.1, -0.05) is 17.7 Å². The SMILES string of the molecule is Cc1ccc(C(=O)ONc2ccc(N=NC(=O)c3ccc([N+](=O)[O-])cc3[N+](=O)[O-])cc2)cc1. The number of benzene rings is 3. The van der Waals surface area contributed by atoms with Crippen LogP contribution >= 0.6 is 0 Å². The first-order valence-electron chi connectivity index (χ1n) is 9.27. The monoisotopic (exact) mass is 449 g/mol. The minimum absolute atomic E-state index is 0.239. The van der Waals surface area contributed by atoms with E-state index >= 15 is 0 Å². The Labute approximate surface area is 185 Å². The summed E-state index contributed by atoms with van der Waals surface area (Å²) in [6.07, 6.45) is 0. The number of nitrogens with zero attached hydrogens (tertiary/aromatic N) is 4. The first-order chi connectivity index (χ1) is 15.7. The van der Waals surface area contributed by atoms with Crippen LogP contribution in [-0.2, 0) is 4.84 Å². The number of rotatable bonds is 7. The fourth-order valence-electron chi connectivity index (χ4n) is 2.57. The van der Waals surface area contributed by atoms with Crippen molar-refractivity contribution in [3.05, 3.63) is 104 Å². The third kappa shape index (κ3) is 5.79. The minimum atomic E-state index is -1.04. The molecule has 0 aromatic heterocycles. The maximum atomic E-state index is 12.2. The Hall–Kier alpha value is -5.00. The molecule has 33 heavy (non-hydrogen) atoms. The van der Waals surface area contributed by atoms with E-state index in [9.17, 15) is 29.8 Å². The second-order valence-corrected chi connectivity index (χ2v) is 6.63. The summed E-state index contributed by atoms with van der Waals surface area (Å²) in [5.41, 5.74) is 2.82. The normalized spacial score (nSPS) is 10.6. The quantitative estimate of drug-likeness (QED) is 0.301. The number of nitro groups is 2. The Balaban J connectivity index is 1.64. The molecule has 0 heterocycles. The predicted molar refractivity (Wildman–Crippen MR) is 115 cm³/mol. The zero-order chi connectivity index (χ0) is 24.0. The fraction of sp³-hybridized carbons (Fsp3) is 0.0476. The van der Waals surface area contributed by atoms with Gasteiger partial charge in [-0.25, -0.2) is 10.3 Å². The van der Waals surface area contributed by atoms with Crippen LogP contribution in [0.3, 0.4) is 0 Å². The van der Waals surface area contributed by atoms with Crippen molar-refractivity contribution in [2.75, 3.05) is 5.48 Å². The Morgan fingerprint density at radius 2 is 1.58 bits per heavy atom. The lowest BCUT2D eigenvalue weighted by atomic mass is 10.1. The van der Waals surface area contributed by atoms with E-state index in [-0.39, 0.29) is 5.69 Å². The van der Waals surface area contributed by atoms with E-state index in [1.54, 1.807) is 24.3 Å². The third-order valence-corrected chi connectivity index (χ3v) is 4.29. The van der Waals surface area contributed by atoms with Crippen molar-refractivity contribution in [3.8, 4) is 0 Å². The van der Waals surface area contributed by atoms with E-state index in [1.807, 2.05) is 6.92 Å². The van der Waals surface area contributed by atoms with Gasteiger partial charge in [0.25, 0.3) is 11.4 Å². The van der Waals surface area contributed by atoms with E-state index in [2.05, 4.69) is 15.7 Å². The van der Waals surface area contributed by atoms with Crippen LogP contribution in [0.25, 0.3) is 0 Å². The van der Waals surface area contributed by atoms with E-state index < -0.39 is 38.7 Å². The summed E-state index contributed by atoms with van der Waals surface area (Å²) in [5.74, 6) is -1.61. The highest BCUT2D eigenvalue weighted by atomic mass is 16.7. The summed E-state index contributed by atoms with van der Waals surface area (Å²) in [5, 5.41) is 29.1. The summed E-state index contributed by atoms with van der Waals surface area (Å²) < 4.78 is 0. The highest BCUT2D eigenvalue weighted by Crippen LogP contribution is 2.26. The second-order valence-electron chi connectivity index (χ2n) is 6.63. The first-order valence-corrected chi connectivity index (χ1v) is 9.27. The standard InChI is InChI=1S/C21H15N5O7/c1-13-2-4-14(5-3-13)21(28)33-24-16-8-6-15(7-9-16)22-23-20(27)18-11-10-17(25(29)30)12-19(18)26(31)32/h2-12,24H,1H3. The zero-order valence-electron chi connectivity index (χ0n) is 17.0. The summed E-state index contributed by atoms with van der Waals surface area (Å²) in [6, 6.07) is 15.4. The molecule has 0 spiro atoms. The average molecular weight is 449 g/mol. The summed E-state index contributed by atoms with van der Waals surface area (Å²) >= 11 is 0. The molecule has 0 unspecified atom stereocenters. The van der Waals surface area contributed by atoms with Crippen molar-refractivity contribution >= 4 is 34.6 Å². The molecule has 1 amide bonds. The van der Waals surface area contributed by atoms with Crippen LogP contribution in [0.5, 0.6) is 0 Å². The van der Waals surface area contributed by atoms with Gasteiger partial charge in [-0.05, 0) is 49.4 Å². The molecule has 0 saturated carbocycles. The van der Waals surface area contributed by atoms with Crippen molar-refractivity contribution in [1.82, 2.24) is 0 Å². The molecule has 166 valence electrons.